The Bertz CT molecular complexity index is 608. The summed E-state index contributed by atoms with van der Waals surface area (Å²) in [5.41, 5.74) is 1.16. The zero-order valence-electron chi connectivity index (χ0n) is 18.1. The van der Waals surface area contributed by atoms with Gasteiger partial charge in [0.15, 0.2) is 0 Å². The molecule has 6 unspecified atom stereocenters. The first kappa shape index (κ1) is 22.4. The fourth-order valence-electron chi connectivity index (χ4n) is 5.51. The van der Waals surface area contributed by atoms with Gasteiger partial charge >= 0.3 is 0 Å². The smallest absolute Gasteiger partial charge is 0.122 e. The third kappa shape index (κ3) is 4.66. The van der Waals surface area contributed by atoms with Gasteiger partial charge in [0.25, 0.3) is 0 Å². The summed E-state index contributed by atoms with van der Waals surface area (Å²) in [6, 6.07) is 0. The van der Waals surface area contributed by atoms with Crippen molar-refractivity contribution in [3.8, 4) is 0 Å². The summed E-state index contributed by atoms with van der Waals surface area (Å²) < 4.78 is 30.4. The Balaban J connectivity index is 1.36. The van der Waals surface area contributed by atoms with E-state index in [9.17, 15) is 9.90 Å². The van der Waals surface area contributed by atoms with Crippen LogP contribution in [-0.4, -0.2) is 80.0 Å². The molecule has 4 aliphatic rings. The molecule has 0 saturated carbocycles. The molecular formula is C23H36O7. The van der Waals surface area contributed by atoms with Gasteiger partial charge < -0.3 is 33.6 Å². The minimum atomic E-state index is -0.652. The third-order valence-corrected chi connectivity index (χ3v) is 7.26. The van der Waals surface area contributed by atoms with Crippen molar-refractivity contribution in [2.45, 2.75) is 107 Å². The van der Waals surface area contributed by atoms with Crippen LogP contribution in [0.25, 0.3) is 0 Å². The van der Waals surface area contributed by atoms with Gasteiger partial charge in [-0.15, -0.1) is 0 Å². The molecule has 170 valence electrons. The summed E-state index contributed by atoms with van der Waals surface area (Å²) in [6.07, 6.45) is 4.91. The van der Waals surface area contributed by atoms with Crippen molar-refractivity contribution in [1.82, 2.24) is 0 Å². The first-order chi connectivity index (χ1) is 14.5. The molecule has 4 fully saturated rings. The molecule has 0 radical (unpaired) electrons. The van der Waals surface area contributed by atoms with Gasteiger partial charge in [0, 0.05) is 25.9 Å². The second kappa shape index (κ2) is 9.76. The molecule has 7 nitrogen and oxygen atoms in total. The summed E-state index contributed by atoms with van der Waals surface area (Å²) in [5.74, 6) is -0.149. The molecule has 0 aromatic rings. The SMILES string of the molecule is C=C1CO[C@@H](CC[C@@H]2C[C@@H](OC)C(C3OC4CCC(CC=O)O[C@@H]4C(O)C3C)O2)C1. The normalized spacial score (nSPS) is 46.7. The lowest BCUT2D eigenvalue weighted by molar-refractivity contribution is -0.267. The van der Waals surface area contributed by atoms with Crippen molar-refractivity contribution in [3.05, 3.63) is 12.2 Å². The number of hydrogen-bond acceptors (Lipinski definition) is 7. The lowest BCUT2D eigenvalue weighted by Gasteiger charge is -2.49. The first-order valence-corrected chi connectivity index (χ1v) is 11.4. The van der Waals surface area contributed by atoms with Crippen LogP contribution in [0.2, 0.25) is 0 Å². The summed E-state index contributed by atoms with van der Waals surface area (Å²) in [7, 11) is 1.72. The van der Waals surface area contributed by atoms with E-state index in [1.807, 2.05) is 6.92 Å². The van der Waals surface area contributed by atoms with E-state index >= 15 is 0 Å². The van der Waals surface area contributed by atoms with Gasteiger partial charge in [0.2, 0.25) is 0 Å². The third-order valence-electron chi connectivity index (χ3n) is 7.26. The fourth-order valence-corrected chi connectivity index (χ4v) is 5.51. The number of hydrogen-bond donors (Lipinski definition) is 1. The molecule has 0 bridgehead atoms. The maximum Gasteiger partial charge on any atom is 0.122 e. The first-order valence-electron chi connectivity index (χ1n) is 11.4. The van der Waals surface area contributed by atoms with Gasteiger partial charge in [-0.1, -0.05) is 13.5 Å². The molecule has 4 rings (SSSR count). The molecule has 4 saturated heterocycles. The number of fused-ring (bicyclic) bond motifs is 1. The standard InChI is InChI=1S/C23H36O7/c1-13-10-16(27-12-13)4-5-17-11-19(26-3)23(29-17)21-14(2)20(25)22-18(30-21)7-6-15(28-22)8-9-24/h9,14-23,25H,1,4-8,10-12H2,2-3H3/t14?,15?,16-,17+,18?,19+,20?,21?,22-,23?/m0/s1. The van der Waals surface area contributed by atoms with Crippen LogP contribution < -0.4 is 0 Å². The highest BCUT2D eigenvalue weighted by Gasteiger charge is 2.52. The topological polar surface area (TPSA) is 83.5 Å². The van der Waals surface area contributed by atoms with E-state index < -0.39 is 6.10 Å². The lowest BCUT2D eigenvalue weighted by atomic mass is 9.81. The Morgan fingerprint density at radius 1 is 1.10 bits per heavy atom. The zero-order chi connectivity index (χ0) is 21.3. The molecule has 10 atom stereocenters. The number of aldehydes is 1. The molecular weight excluding hydrogens is 388 g/mol. The average Bonchev–Trinajstić information content (AvgIpc) is 3.35. The van der Waals surface area contributed by atoms with E-state index in [4.69, 9.17) is 23.7 Å². The van der Waals surface area contributed by atoms with Gasteiger partial charge in [0.1, 0.15) is 18.5 Å². The summed E-state index contributed by atoms with van der Waals surface area (Å²) >= 11 is 0. The molecule has 0 aromatic heterocycles. The van der Waals surface area contributed by atoms with Crippen molar-refractivity contribution in [2.24, 2.45) is 5.92 Å². The minimum absolute atomic E-state index is 0.0574. The number of rotatable bonds is 7. The molecule has 0 spiro atoms. The van der Waals surface area contributed by atoms with Crippen LogP contribution in [0.3, 0.4) is 0 Å². The molecule has 0 amide bonds. The number of carbonyl (C=O) groups excluding carboxylic acids is 1. The number of aliphatic hydroxyl groups is 1. The highest BCUT2D eigenvalue weighted by Crippen LogP contribution is 2.40. The maximum atomic E-state index is 11.0. The highest BCUT2D eigenvalue weighted by molar-refractivity contribution is 5.50. The Kier molecular flexibility index (Phi) is 7.27. The second-order valence-electron chi connectivity index (χ2n) is 9.39. The van der Waals surface area contributed by atoms with Crippen molar-refractivity contribution >= 4 is 6.29 Å². The Morgan fingerprint density at radius 2 is 1.87 bits per heavy atom. The number of carbonyl (C=O) groups is 1. The van der Waals surface area contributed by atoms with E-state index in [-0.39, 0.29) is 54.7 Å². The van der Waals surface area contributed by atoms with Crippen molar-refractivity contribution in [1.29, 1.82) is 0 Å². The molecule has 30 heavy (non-hydrogen) atoms. The number of aliphatic hydroxyl groups excluding tert-OH is 1. The van der Waals surface area contributed by atoms with Gasteiger partial charge in [-0.05, 0) is 37.7 Å². The van der Waals surface area contributed by atoms with E-state index in [1.165, 1.54) is 0 Å². The minimum Gasteiger partial charge on any atom is -0.390 e. The highest BCUT2D eigenvalue weighted by atomic mass is 16.6. The predicted octanol–water partition coefficient (Wildman–Crippen LogP) is 2.19. The van der Waals surface area contributed by atoms with Crippen LogP contribution in [0.5, 0.6) is 0 Å². The van der Waals surface area contributed by atoms with Crippen LogP contribution in [-0.2, 0) is 28.5 Å². The molecule has 0 aliphatic carbocycles. The van der Waals surface area contributed by atoms with Gasteiger partial charge in [0.05, 0.1) is 49.3 Å². The number of ether oxygens (including phenoxy) is 5. The van der Waals surface area contributed by atoms with Gasteiger partial charge in [-0.25, -0.2) is 0 Å². The van der Waals surface area contributed by atoms with Gasteiger partial charge in [-0.3, -0.25) is 0 Å². The predicted molar refractivity (Wildman–Crippen MR) is 109 cm³/mol. The molecule has 7 heteroatoms. The molecule has 1 N–H and O–H groups in total. The Morgan fingerprint density at radius 3 is 2.57 bits per heavy atom. The second-order valence-corrected chi connectivity index (χ2v) is 9.39. The van der Waals surface area contributed by atoms with E-state index in [1.54, 1.807) is 7.11 Å². The summed E-state index contributed by atoms with van der Waals surface area (Å²) in [6.45, 7) is 6.66. The molecule has 0 aromatic carbocycles. The van der Waals surface area contributed by atoms with Crippen LogP contribution in [0, 0.1) is 5.92 Å². The van der Waals surface area contributed by atoms with Crippen LogP contribution >= 0.6 is 0 Å². The quantitative estimate of drug-likeness (QED) is 0.495. The van der Waals surface area contributed by atoms with Gasteiger partial charge in [-0.2, -0.15) is 0 Å². The average molecular weight is 425 g/mol. The maximum absolute atomic E-state index is 11.0. The molecule has 4 aliphatic heterocycles. The number of methoxy groups -OCH3 is 1. The Labute approximate surface area is 179 Å². The van der Waals surface area contributed by atoms with Crippen molar-refractivity contribution < 1.29 is 33.6 Å². The van der Waals surface area contributed by atoms with E-state index in [0.29, 0.717) is 13.0 Å². The van der Waals surface area contributed by atoms with Crippen LogP contribution in [0.4, 0.5) is 0 Å². The van der Waals surface area contributed by atoms with Crippen LogP contribution in [0.1, 0.15) is 51.9 Å². The van der Waals surface area contributed by atoms with E-state index in [0.717, 1.165) is 50.4 Å². The van der Waals surface area contributed by atoms with E-state index in [2.05, 4.69) is 6.58 Å². The van der Waals surface area contributed by atoms with Crippen LogP contribution in [0.15, 0.2) is 12.2 Å². The summed E-state index contributed by atoms with van der Waals surface area (Å²) in [5, 5.41) is 11.0. The largest absolute Gasteiger partial charge is 0.390 e. The monoisotopic (exact) mass is 424 g/mol. The zero-order valence-corrected chi connectivity index (χ0v) is 18.1. The lowest BCUT2D eigenvalue weighted by Crippen LogP contribution is -2.61. The molecule has 4 heterocycles. The fraction of sp³-hybridized carbons (Fsp3) is 0.870. The van der Waals surface area contributed by atoms with Crippen molar-refractivity contribution in [2.75, 3.05) is 13.7 Å². The van der Waals surface area contributed by atoms with Crippen molar-refractivity contribution in [3.63, 3.8) is 0 Å². The summed E-state index contributed by atoms with van der Waals surface area (Å²) in [4.78, 5) is 10.8. The Hall–Kier alpha value is -0.830.